The van der Waals surface area contributed by atoms with Crippen LogP contribution in [0.1, 0.15) is 43.5 Å². The standard InChI is InChI=1S/C14H18N4O.ClH/c1-14(6-2-3-8-16-14)13-17-12(18-19-13)9-11-5-4-7-15-10-11;/h4-5,7,10,16H,2-3,6,8-9H2,1H3;1H. The molecule has 1 N–H and O–H groups in total. The third kappa shape index (κ3) is 3.16. The zero-order valence-corrected chi connectivity index (χ0v) is 12.3. The fraction of sp³-hybridized carbons (Fsp3) is 0.500. The summed E-state index contributed by atoms with van der Waals surface area (Å²) in [6.45, 7) is 3.14. The van der Waals surface area contributed by atoms with Gasteiger partial charge in [0.1, 0.15) is 0 Å². The predicted molar refractivity (Wildman–Crippen MR) is 77.8 cm³/mol. The lowest BCUT2D eigenvalue weighted by Crippen LogP contribution is -2.43. The third-order valence-corrected chi connectivity index (χ3v) is 3.64. The van der Waals surface area contributed by atoms with Crippen molar-refractivity contribution in [3.05, 3.63) is 41.8 Å². The van der Waals surface area contributed by atoms with Crippen molar-refractivity contribution in [1.29, 1.82) is 0 Å². The van der Waals surface area contributed by atoms with Gasteiger partial charge in [0.05, 0.1) is 5.54 Å². The van der Waals surface area contributed by atoms with Crippen molar-refractivity contribution in [2.75, 3.05) is 6.54 Å². The second kappa shape index (κ2) is 6.33. The zero-order chi connectivity index (χ0) is 13.1. The average molecular weight is 295 g/mol. The van der Waals surface area contributed by atoms with Gasteiger partial charge in [0.15, 0.2) is 5.82 Å². The summed E-state index contributed by atoms with van der Waals surface area (Å²) < 4.78 is 5.44. The van der Waals surface area contributed by atoms with Gasteiger partial charge in [-0.05, 0) is 44.4 Å². The molecule has 20 heavy (non-hydrogen) atoms. The highest BCUT2D eigenvalue weighted by atomic mass is 35.5. The van der Waals surface area contributed by atoms with Crippen molar-refractivity contribution in [3.63, 3.8) is 0 Å². The van der Waals surface area contributed by atoms with E-state index in [1.807, 2.05) is 18.3 Å². The van der Waals surface area contributed by atoms with E-state index in [1.165, 1.54) is 12.8 Å². The highest BCUT2D eigenvalue weighted by Gasteiger charge is 2.34. The van der Waals surface area contributed by atoms with Crippen LogP contribution in [0.3, 0.4) is 0 Å². The minimum atomic E-state index is -0.168. The van der Waals surface area contributed by atoms with Gasteiger partial charge in [-0.15, -0.1) is 12.4 Å². The number of nitrogens with zero attached hydrogens (tertiary/aromatic N) is 3. The van der Waals surface area contributed by atoms with Gasteiger partial charge in [0, 0.05) is 18.8 Å². The van der Waals surface area contributed by atoms with E-state index in [0.717, 1.165) is 24.4 Å². The van der Waals surface area contributed by atoms with Crippen LogP contribution in [-0.4, -0.2) is 21.7 Å². The fourth-order valence-electron chi connectivity index (χ4n) is 2.47. The largest absolute Gasteiger partial charge is 0.337 e. The van der Waals surface area contributed by atoms with E-state index < -0.39 is 0 Å². The molecule has 0 amide bonds. The molecule has 1 unspecified atom stereocenters. The molecule has 108 valence electrons. The Morgan fingerprint density at radius 2 is 2.30 bits per heavy atom. The smallest absolute Gasteiger partial charge is 0.246 e. The van der Waals surface area contributed by atoms with Crippen molar-refractivity contribution in [2.24, 2.45) is 0 Å². The molecule has 0 aromatic carbocycles. The number of halogens is 1. The van der Waals surface area contributed by atoms with E-state index in [1.54, 1.807) is 6.20 Å². The molecule has 6 heteroatoms. The SMILES string of the molecule is CC1(c2nc(Cc3cccnc3)no2)CCCCN1.Cl. The molecule has 1 aliphatic rings. The van der Waals surface area contributed by atoms with Crippen LogP contribution in [0, 0.1) is 0 Å². The van der Waals surface area contributed by atoms with Gasteiger partial charge in [-0.2, -0.15) is 4.98 Å². The molecule has 3 heterocycles. The number of pyridine rings is 1. The summed E-state index contributed by atoms with van der Waals surface area (Å²) in [7, 11) is 0. The molecular weight excluding hydrogens is 276 g/mol. The van der Waals surface area contributed by atoms with E-state index in [9.17, 15) is 0 Å². The topological polar surface area (TPSA) is 63.8 Å². The van der Waals surface area contributed by atoms with Crippen molar-refractivity contribution in [2.45, 2.75) is 38.1 Å². The normalized spacial score (nSPS) is 22.2. The molecule has 1 fully saturated rings. The lowest BCUT2D eigenvalue weighted by molar-refractivity contribution is 0.206. The Bertz CT molecular complexity index is 537. The van der Waals surface area contributed by atoms with Gasteiger partial charge in [0.25, 0.3) is 0 Å². The van der Waals surface area contributed by atoms with Crippen LogP contribution in [0.4, 0.5) is 0 Å². The minimum Gasteiger partial charge on any atom is -0.337 e. The molecule has 0 aliphatic carbocycles. The van der Waals surface area contributed by atoms with Gasteiger partial charge in [-0.25, -0.2) is 0 Å². The summed E-state index contributed by atoms with van der Waals surface area (Å²) in [5.74, 6) is 1.42. The van der Waals surface area contributed by atoms with Crippen LogP contribution < -0.4 is 5.32 Å². The Morgan fingerprint density at radius 1 is 1.40 bits per heavy atom. The average Bonchev–Trinajstić information content (AvgIpc) is 2.90. The summed E-state index contributed by atoms with van der Waals surface area (Å²) in [4.78, 5) is 8.63. The summed E-state index contributed by atoms with van der Waals surface area (Å²) >= 11 is 0. The second-order valence-electron chi connectivity index (χ2n) is 5.27. The molecule has 0 bridgehead atoms. The Labute approximate surface area is 124 Å². The van der Waals surface area contributed by atoms with Crippen LogP contribution in [0.5, 0.6) is 0 Å². The molecular formula is C14H19ClN4O. The maximum absolute atomic E-state index is 5.44. The highest BCUT2D eigenvalue weighted by molar-refractivity contribution is 5.85. The Kier molecular flexibility index (Phi) is 4.73. The summed E-state index contributed by atoms with van der Waals surface area (Å²) in [5, 5.41) is 7.56. The van der Waals surface area contributed by atoms with E-state index in [4.69, 9.17) is 4.52 Å². The molecule has 1 saturated heterocycles. The van der Waals surface area contributed by atoms with Gasteiger partial charge in [0.2, 0.25) is 5.89 Å². The van der Waals surface area contributed by atoms with E-state index in [2.05, 4.69) is 27.4 Å². The predicted octanol–water partition coefficient (Wildman–Crippen LogP) is 2.47. The van der Waals surface area contributed by atoms with Crippen LogP contribution in [-0.2, 0) is 12.0 Å². The molecule has 0 radical (unpaired) electrons. The van der Waals surface area contributed by atoms with Crippen LogP contribution in [0.15, 0.2) is 29.0 Å². The number of piperidine rings is 1. The minimum absolute atomic E-state index is 0. The van der Waals surface area contributed by atoms with Gasteiger partial charge >= 0.3 is 0 Å². The summed E-state index contributed by atoms with van der Waals surface area (Å²) in [6.07, 6.45) is 7.71. The number of rotatable bonds is 3. The van der Waals surface area contributed by atoms with E-state index in [0.29, 0.717) is 12.3 Å². The Balaban J connectivity index is 0.00000147. The Hall–Kier alpha value is -1.46. The maximum Gasteiger partial charge on any atom is 0.246 e. The molecule has 2 aromatic heterocycles. The van der Waals surface area contributed by atoms with Crippen molar-refractivity contribution in [3.8, 4) is 0 Å². The second-order valence-corrected chi connectivity index (χ2v) is 5.27. The zero-order valence-electron chi connectivity index (χ0n) is 11.5. The first kappa shape index (κ1) is 14.9. The number of nitrogens with one attached hydrogen (secondary N) is 1. The monoisotopic (exact) mass is 294 g/mol. The van der Waals surface area contributed by atoms with E-state index >= 15 is 0 Å². The summed E-state index contributed by atoms with van der Waals surface area (Å²) in [6, 6.07) is 3.93. The van der Waals surface area contributed by atoms with Crippen LogP contribution >= 0.6 is 12.4 Å². The fourth-order valence-corrected chi connectivity index (χ4v) is 2.47. The Morgan fingerprint density at radius 3 is 3.00 bits per heavy atom. The number of hydrogen-bond donors (Lipinski definition) is 1. The molecule has 1 aliphatic heterocycles. The van der Waals surface area contributed by atoms with Crippen LogP contribution in [0.25, 0.3) is 0 Å². The molecule has 1 atom stereocenters. The summed E-state index contributed by atoms with van der Waals surface area (Å²) in [5.41, 5.74) is 0.926. The lowest BCUT2D eigenvalue weighted by Gasteiger charge is -2.31. The lowest BCUT2D eigenvalue weighted by atomic mass is 9.91. The molecule has 3 rings (SSSR count). The van der Waals surface area contributed by atoms with Crippen molar-refractivity contribution < 1.29 is 4.52 Å². The first-order chi connectivity index (χ1) is 9.26. The molecule has 2 aromatic rings. The van der Waals surface area contributed by atoms with Crippen molar-refractivity contribution in [1.82, 2.24) is 20.4 Å². The van der Waals surface area contributed by atoms with Crippen molar-refractivity contribution >= 4 is 12.4 Å². The van der Waals surface area contributed by atoms with E-state index in [-0.39, 0.29) is 17.9 Å². The van der Waals surface area contributed by atoms with Crippen LogP contribution in [0.2, 0.25) is 0 Å². The molecule has 0 spiro atoms. The first-order valence-electron chi connectivity index (χ1n) is 6.73. The molecule has 0 saturated carbocycles. The third-order valence-electron chi connectivity index (χ3n) is 3.64. The maximum atomic E-state index is 5.44. The quantitative estimate of drug-likeness (QED) is 0.942. The first-order valence-corrected chi connectivity index (χ1v) is 6.73. The van der Waals surface area contributed by atoms with Gasteiger partial charge in [-0.1, -0.05) is 11.2 Å². The number of hydrogen-bond acceptors (Lipinski definition) is 5. The van der Waals surface area contributed by atoms with Gasteiger partial charge in [-0.3, -0.25) is 4.98 Å². The molecule has 5 nitrogen and oxygen atoms in total. The highest BCUT2D eigenvalue weighted by Crippen LogP contribution is 2.28. The number of aromatic nitrogens is 3. The van der Waals surface area contributed by atoms with Gasteiger partial charge < -0.3 is 9.84 Å².